The summed E-state index contributed by atoms with van der Waals surface area (Å²) in [6, 6.07) is 0.436. The second kappa shape index (κ2) is 6.87. The lowest BCUT2D eigenvalue weighted by atomic mass is 9.99. The van der Waals surface area contributed by atoms with Gasteiger partial charge in [-0.15, -0.1) is 0 Å². The van der Waals surface area contributed by atoms with Crippen molar-refractivity contribution >= 4 is 17.5 Å². The minimum Gasteiger partial charge on any atom is -0.463 e. The highest BCUT2D eigenvalue weighted by atomic mass is 35.5. The number of ether oxygens (including phenoxy) is 1. The third-order valence-corrected chi connectivity index (χ3v) is 3.81. The van der Waals surface area contributed by atoms with Crippen LogP contribution in [0, 0.1) is 12.8 Å². The van der Waals surface area contributed by atoms with Gasteiger partial charge >= 0.3 is 6.01 Å². The van der Waals surface area contributed by atoms with Gasteiger partial charge in [0, 0.05) is 31.4 Å². The van der Waals surface area contributed by atoms with Crippen LogP contribution in [0.25, 0.3) is 0 Å². The molecule has 1 saturated heterocycles. The summed E-state index contributed by atoms with van der Waals surface area (Å²) in [5.41, 5.74) is 1.02. The highest BCUT2D eigenvalue weighted by Gasteiger charge is 2.22. The molecule has 0 amide bonds. The molecule has 2 aromatic rings. The average Bonchev–Trinajstić information content (AvgIpc) is 2.55. The van der Waals surface area contributed by atoms with Crippen molar-refractivity contribution in [3.05, 3.63) is 35.4 Å². The summed E-state index contributed by atoms with van der Waals surface area (Å²) in [6.45, 7) is 4.38. The predicted molar refractivity (Wildman–Crippen MR) is 84.2 cm³/mol. The van der Waals surface area contributed by atoms with Gasteiger partial charge in [0.05, 0.1) is 24.0 Å². The standard InChI is InChI=1S/C15H18ClN5O/c1-11-5-19-15(20-6-11)22-10-12-3-2-4-21(9-12)14-17-7-13(16)8-18-14/h5-8,12H,2-4,9-10H2,1H3. The molecule has 7 heteroatoms. The van der Waals surface area contributed by atoms with Crippen molar-refractivity contribution in [3.63, 3.8) is 0 Å². The molecule has 0 radical (unpaired) electrons. The summed E-state index contributed by atoms with van der Waals surface area (Å²) in [6.07, 6.45) is 8.99. The first-order valence-electron chi connectivity index (χ1n) is 7.34. The minimum absolute atomic E-state index is 0.415. The normalized spacial score (nSPS) is 18.3. The first kappa shape index (κ1) is 15.0. The van der Waals surface area contributed by atoms with Gasteiger partial charge in [-0.05, 0) is 25.3 Å². The van der Waals surface area contributed by atoms with Crippen molar-refractivity contribution in [2.75, 3.05) is 24.6 Å². The Balaban J connectivity index is 1.56. The maximum Gasteiger partial charge on any atom is 0.316 e. The molecule has 1 fully saturated rings. The molecule has 1 aliphatic heterocycles. The molecular weight excluding hydrogens is 302 g/mol. The quantitative estimate of drug-likeness (QED) is 0.863. The zero-order chi connectivity index (χ0) is 15.4. The van der Waals surface area contributed by atoms with E-state index >= 15 is 0 Å². The van der Waals surface area contributed by atoms with Crippen molar-refractivity contribution in [1.82, 2.24) is 19.9 Å². The van der Waals surface area contributed by atoms with Gasteiger partial charge in [-0.25, -0.2) is 19.9 Å². The first-order valence-corrected chi connectivity index (χ1v) is 7.72. The van der Waals surface area contributed by atoms with E-state index in [1.54, 1.807) is 24.8 Å². The maximum absolute atomic E-state index is 5.83. The number of halogens is 1. The number of nitrogens with zero attached hydrogens (tertiary/aromatic N) is 5. The number of aromatic nitrogens is 4. The van der Waals surface area contributed by atoms with Gasteiger partial charge < -0.3 is 9.64 Å². The van der Waals surface area contributed by atoms with E-state index < -0.39 is 0 Å². The first-order chi connectivity index (χ1) is 10.7. The Bertz CT molecular complexity index is 604. The van der Waals surface area contributed by atoms with Gasteiger partial charge in [0.25, 0.3) is 0 Å². The summed E-state index contributed by atoms with van der Waals surface area (Å²) in [5.74, 6) is 1.14. The van der Waals surface area contributed by atoms with E-state index in [-0.39, 0.29) is 0 Å². The summed E-state index contributed by atoms with van der Waals surface area (Å²) >= 11 is 5.83. The SMILES string of the molecule is Cc1cnc(OCC2CCCN(c3ncc(Cl)cn3)C2)nc1. The number of piperidine rings is 1. The molecule has 6 nitrogen and oxygen atoms in total. The van der Waals surface area contributed by atoms with E-state index in [1.807, 2.05) is 6.92 Å². The van der Waals surface area contributed by atoms with Crippen molar-refractivity contribution in [2.45, 2.75) is 19.8 Å². The molecule has 3 rings (SSSR count). The van der Waals surface area contributed by atoms with Crippen LogP contribution >= 0.6 is 11.6 Å². The van der Waals surface area contributed by atoms with Crippen LogP contribution in [0.1, 0.15) is 18.4 Å². The molecule has 0 aromatic carbocycles. The van der Waals surface area contributed by atoms with Crippen LogP contribution in [0.4, 0.5) is 5.95 Å². The molecule has 1 aliphatic rings. The Morgan fingerprint density at radius 1 is 1.18 bits per heavy atom. The van der Waals surface area contributed by atoms with E-state index in [0.717, 1.165) is 37.4 Å². The zero-order valence-electron chi connectivity index (χ0n) is 12.4. The fourth-order valence-electron chi connectivity index (χ4n) is 2.50. The van der Waals surface area contributed by atoms with Crippen molar-refractivity contribution in [1.29, 1.82) is 0 Å². The molecule has 22 heavy (non-hydrogen) atoms. The summed E-state index contributed by atoms with van der Waals surface area (Å²) in [5, 5.41) is 0.553. The van der Waals surface area contributed by atoms with E-state index in [1.165, 1.54) is 0 Å². The zero-order valence-corrected chi connectivity index (χ0v) is 13.2. The van der Waals surface area contributed by atoms with Gasteiger partial charge in [0.2, 0.25) is 5.95 Å². The number of aryl methyl sites for hydroxylation is 1. The molecule has 116 valence electrons. The average molecular weight is 320 g/mol. The molecule has 2 aromatic heterocycles. The van der Waals surface area contributed by atoms with Crippen LogP contribution in [0.15, 0.2) is 24.8 Å². The second-order valence-electron chi connectivity index (χ2n) is 5.51. The Morgan fingerprint density at radius 2 is 1.91 bits per heavy atom. The second-order valence-corrected chi connectivity index (χ2v) is 5.95. The van der Waals surface area contributed by atoms with E-state index in [4.69, 9.17) is 16.3 Å². The van der Waals surface area contributed by atoms with Crippen LogP contribution in [-0.2, 0) is 0 Å². The molecule has 3 heterocycles. The van der Waals surface area contributed by atoms with Crippen molar-refractivity contribution < 1.29 is 4.74 Å². The maximum atomic E-state index is 5.83. The lowest BCUT2D eigenvalue weighted by molar-refractivity contribution is 0.213. The molecule has 0 N–H and O–H groups in total. The predicted octanol–water partition coefficient (Wildman–Crippen LogP) is 2.52. The monoisotopic (exact) mass is 319 g/mol. The van der Waals surface area contributed by atoms with E-state index in [2.05, 4.69) is 24.8 Å². The number of rotatable bonds is 4. The lowest BCUT2D eigenvalue weighted by Gasteiger charge is -2.32. The summed E-state index contributed by atoms with van der Waals surface area (Å²) in [7, 11) is 0. The largest absolute Gasteiger partial charge is 0.463 e. The van der Waals surface area contributed by atoms with Crippen LogP contribution in [-0.4, -0.2) is 39.6 Å². The third kappa shape index (κ3) is 3.82. The molecule has 0 bridgehead atoms. The molecule has 0 spiro atoms. The molecular formula is C15H18ClN5O. The number of hydrogen-bond acceptors (Lipinski definition) is 6. The Kier molecular flexibility index (Phi) is 4.68. The highest BCUT2D eigenvalue weighted by Crippen LogP contribution is 2.21. The summed E-state index contributed by atoms with van der Waals surface area (Å²) < 4.78 is 5.69. The third-order valence-electron chi connectivity index (χ3n) is 3.61. The lowest BCUT2D eigenvalue weighted by Crippen LogP contribution is -2.38. The fourth-order valence-corrected chi connectivity index (χ4v) is 2.60. The van der Waals surface area contributed by atoms with Gasteiger partial charge in [-0.1, -0.05) is 11.6 Å². The summed E-state index contributed by atoms with van der Waals surface area (Å²) in [4.78, 5) is 19.1. The van der Waals surface area contributed by atoms with E-state index in [9.17, 15) is 0 Å². The van der Waals surface area contributed by atoms with Gasteiger partial charge in [-0.2, -0.15) is 0 Å². The van der Waals surface area contributed by atoms with Gasteiger partial charge in [0.15, 0.2) is 0 Å². The molecule has 1 unspecified atom stereocenters. The smallest absolute Gasteiger partial charge is 0.316 e. The molecule has 0 saturated carbocycles. The molecule has 1 atom stereocenters. The van der Waals surface area contributed by atoms with Crippen molar-refractivity contribution in [2.24, 2.45) is 5.92 Å². The van der Waals surface area contributed by atoms with Crippen LogP contribution in [0.3, 0.4) is 0 Å². The minimum atomic E-state index is 0.415. The van der Waals surface area contributed by atoms with Crippen LogP contribution < -0.4 is 9.64 Å². The van der Waals surface area contributed by atoms with Gasteiger partial charge in [0.1, 0.15) is 0 Å². The fraction of sp³-hybridized carbons (Fsp3) is 0.467. The Labute approximate surface area is 134 Å². The topological polar surface area (TPSA) is 64.0 Å². The van der Waals surface area contributed by atoms with Crippen LogP contribution in [0.5, 0.6) is 6.01 Å². The van der Waals surface area contributed by atoms with Gasteiger partial charge in [-0.3, -0.25) is 0 Å². The Morgan fingerprint density at radius 3 is 2.64 bits per heavy atom. The number of anilines is 1. The Hall–Kier alpha value is -1.95. The van der Waals surface area contributed by atoms with E-state index in [0.29, 0.717) is 23.6 Å². The highest BCUT2D eigenvalue weighted by molar-refractivity contribution is 6.30. The number of hydrogen-bond donors (Lipinski definition) is 0. The van der Waals surface area contributed by atoms with Crippen molar-refractivity contribution in [3.8, 4) is 6.01 Å². The van der Waals surface area contributed by atoms with Crippen LogP contribution in [0.2, 0.25) is 5.02 Å². The molecule has 0 aliphatic carbocycles.